The van der Waals surface area contributed by atoms with Crippen LogP contribution in [0.1, 0.15) is 19.3 Å². The van der Waals surface area contributed by atoms with Gasteiger partial charge in [-0.15, -0.1) is 0 Å². The molecule has 0 saturated heterocycles. The van der Waals surface area contributed by atoms with Crippen LogP contribution in [0.4, 0.5) is 0 Å². The molecule has 16 heavy (non-hydrogen) atoms. The molecule has 2 aliphatic carbocycles. The minimum Gasteiger partial charge on any atom is -0.468 e. The molecule has 5 heteroatoms. The van der Waals surface area contributed by atoms with Crippen LogP contribution >= 0.6 is 22.6 Å². The van der Waals surface area contributed by atoms with E-state index in [1.54, 1.807) is 0 Å². The predicted octanol–water partition coefficient (Wildman–Crippen LogP) is 1.13. The molecular weight excluding hydrogens is 321 g/mol. The molecular formula is C11H16INO3. The SMILES string of the molecule is COC(=O)C(I)CNC(=O)C1CC2CC2C1. The highest BCUT2D eigenvalue weighted by Gasteiger charge is 2.47. The molecule has 0 aromatic carbocycles. The second kappa shape index (κ2) is 4.89. The molecule has 2 rings (SSSR count). The average Bonchev–Trinajstić information content (AvgIpc) is 2.91. The van der Waals surface area contributed by atoms with Crippen molar-refractivity contribution in [3.8, 4) is 0 Å². The van der Waals surface area contributed by atoms with Gasteiger partial charge in [-0.2, -0.15) is 0 Å². The molecule has 0 bridgehead atoms. The maximum absolute atomic E-state index is 11.8. The van der Waals surface area contributed by atoms with Gasteiger partial charge in [-0.05, 0) is 31.1 Å². The van der Waals surface area contributed by atoms with E-state index in [4.69, 9.17) is 0 Å². The Hall–Kier alpha value is -0.330. The van der Waals surface area contributed by atoms with Crippen molar-refractivity contribution in [2.24, 2.45) is 17.8 Å². The van der Waals surface area contributed by atoms with Crippen molar-refractivity contribution >= 4 is 34.5 Å². The van der Waals surface area contributed by atoms with Gasteiger partial charge in [0.2, 0.25) is 5.91 Å². The first-order valence-electron chi connectivity index (χ1n) is 5.61. The predicted molar refractivity (Wildman–Crippen MR) is 67.2 cm³/mol. The lowest BCUT2D eigenvalue weighted by atomic mass is 10.0. The second-order valence-electron chi connectivity index (χ2n) is 4.66. The number of fused-ring (bicyclic) bond motifs is 1. The first-order chi connectivity index (χ1) is 7.61. The van der Waals surface area contributed by atoms with Crippen LogP contribution in [0.25, 0.3) is 0 Å². The average molecular weight is 337 g/mol. The fourth-order valence-electron chi connectivity index (χ4n) is 2.47. The summed E-state index contributed by atoms with van der Waals surface area (Å²) in [7, 11) is 1.36. The fraction of sp³-hybridized carbons (Fsp3) is 0.818. The summed E-state index contributed by atoms with van der Waals surface area (Å²) in [6, 6.07) is 0. The van der Waals surface area contributed by atoms with E-state index in [0.29, 0.717) is 6.54 Å². The highest BCUT2D eigenvalue weighted by molar-refractivity contribution is 14.1. The number of rotatable bonds is 4. The molecule has 3 atom stereocenters. The number of nitrogens with one attached hydrogen (secondary N) is 1. The third-order valence-corrected chi connectivity index (χ3v) is 4.48. The summed E-state index contributed by atoms with van der Waals surface area (Å²) in [4.78, 5) is 22.9. The van der Waals surface area contributed by atoms with Gasteiger partial charge in [0.15, 0.2) is 0 Å². The minimum absolute atomic E-state index is 0.109. The maximum atomic E-state index is 11.8. The highest BCUT2D eigenvalue weighted by Crippen LogP contribution is 2.54. The summed E-state index contributed by atoms with van der Waals surface area (Å²) in [6.45, 7) is 0.373. The molecule has 2 fully saturated rings. The van der Waals surface area contributed by atoms with Gasteiger partial charge < -0.3 is 10.1 Å². The molecule has 2 aliphatic rings. The van der Waals surface area contributed by atoms with E-state index in [9.17, 15) is 9.59 Å². The number of hydrogen-bond donors (Lipinski definition) is 1. The zero-order chi connectivity index (χ0) is 11.7. The van der Waals surface area contributed by atoms with Crippen LogP contribution in [0.3, 0.4) is 0 Å². The van der Waals surface area contributed by atoms with Gasteiger partial charge in [0, 0.05) is 12.5 Å². The molecule has 90 valence electrons. The molecule has 4 nitrogen and oxygen atoms in total. The molecule has 0 aromatic heterocycles. The normalized spacial score (nSPS) is 32.8. The van der Waals surface area contributed by atoms with E-state index in [1.807, 2.05) is 22.6 Å². The van der Waals surface area contributed by atoms with E-state index in [0.717, 1.165) is 24.7 Å². The number of carbonyl (C=O) groups is 2. The van der Waals surface area contributed by atoms with Crippen LogP contribution < -0.4 is 5.32 Å². The second-order valence-corrected chi connectivity index (χ2v) is 6.16. The summed E-state index contributed by atoms with van der Waals surface area (Å²) in [5.74, 6) is 1.64. The number of halogens is 1. The van der Waals surface area contributed by atoms with Crippen molar-refractivity contribution < 1.29 is 14.3 Å². The molecule has 3 unspecified atom stereocenters. The lowest BCUT2D eigenvalue weighted by Crippen LogP contribution is -2.37. The van der Waals surface area contributed by atoms with Gasteiger partial charge in [0.1, 0.15) is 3.92 Å². The zero-order valence-corrected chi connectivity index (χ0v) is 11.4. The quantitative estimate of drug-likeness (QED) is 0.475. The van der Waals surface area contributed by atoms with E-state index in [-0.39, 0.29) is 21.7 Å². The third kappa shape index (κ3) is 2.67. The molecule has 1 N–H and O–H groups in total. The molecule has 0 spiro atoms. The fourth-order valence-corrected chi connectivity index (χ4v) is 2.95. The molecule has 0 radical (unpaired) electrons. The van der Waals surface area contributed by atoms with Gasteiger partial charge >= 0.3 is 5.97 Å². The lowest BCUT2D eigenvalue weighted by molar-refractivity contribution is -0.139. The molecule has 0 aliphatic heterocycles. The topological polar surface area (TPSA) is 55.4 Å². The van der Waals surface area contributed by atoms with Crippen LogP contribution in [0, 0.1) is 17.8 Å². The Balaban J connectivity index is 1.69. The Morgan fingerprint density at radius 1 is 1.38 bits per heavy atom. The van der Waals surface area contributed by atoms with Gasteiger partial charge in [-0.1, -0.05) is 22.6 Å². The Labute approximate surface area is 109 Å². The summed E-state index contributed by atoms with van der Waals surface area (Å²) in [6.07, 6.45) is 3.40. The Kier molecular flexibility index (Phi) is 3.71. The van der Waals surface area contributed by atoms with E-state index in [2.05, 4.69) is 10.1 Å². The molecule has 0 aromatic rings. The molecule has 0 heterocycles. The number of hydrogen-bond acceptors (Lipinski definition) is 3. The van der Waals surface area contributed by atoms with Gasteiger partial charge in [-0.3, -0.25) is 9.59 Å². The molecule has 1 amide bonds. The summed E-state index contributed by atoms with van der Waals surface area (Å²) in [5.41, 5.74) is 0. The van der Waals surface area contributed by atoms with Gasteiger partial charge in [0.25, 0.3) is 0 Å². The van der Waals surface area contributed by atoms with E-state index in [1.165, 1.54) is 13.5 Å². The van der Waals surface area contributed by atoms with Crippen LogP contribution in [0.15, 0.2) is 0 Å². The Bertz CT molecular complexity index is 298. The highest BCUT2D eigenvalue weighted by atomic mass is 127. The number of carbonyl (C=O) groups excluding carboxylic acids is 2. The Morgan fingerprint density at radius 2 is 2.00 bits per heavy atom. The van der Waals surface area contributed by atoms with Gasteiger partial charge in [-0.25, -0.2) is 0 Å². The number of alkyl halides is 1. The summed E-state index contributed by atoms with van der Waals surface area (Å²) in [5, 5.41) is 2.83. The van der Waals surface area contributed by atoms with Crippen molar-refractivity contribution in [2.45, 2.75) is 23.2 Å². The largest absolute Gasteiger partial charge is 0.468 e. The smallest absolute Gasteiger partial charge is 0.320 e. The summed E-state index contributed by atoms with van der Waals surface area (Å²) < 4.78 is 4.31. The van der Waals surface area contributed by atoms with E-state index >= 15 is 0 Å². The standard InChI is InChI=1S/C11H16INO3/c1-16-11(15)9(12)5-13-10(14)8-3-6-2-7(6)4-8/h6-9H,2-5H2,1H3,(H,13,14). The number of esters is 1. The van der Waals surface area contributed by atoms with Crippen LogP contribution in [0.5, 0.6) is 0 Å². The maximum Gasteiger partial charge on any atom is 0.320 e. The number of ether oxygens (including phenoxy) is 1. The van der Waals surface area contributed by atoms with Crippen molar-refractivity contribution in [3.63, 3.8) is 0 Å². The lowest BCUT2D eigenvalue weighted by Gasteiger charge is -2.14. The Morgan fingerprint density at radius 3 is 2.56 bits per heavy atom. The first kappa shape index (κ1) is 12.1. The zero-order valence-electron chi connectivity index (χ0n) is 9.24. The first-order valence-corrected chi connectivity index (χ1v) is 6.86. The monoisotopic (exact) mass is 337 g/mol. The third-order valence-electron chi connectivity index (χ3n) is 3.53. The van der Waals surface area contributed by atoms with Crippen molar-refractivity contribution in [2.75, 3.05) is 13.7 Å². The van der Waals surface area contributed by atoms with Crippen LogP contribution in [-0.4, -0.2) is 29.5 Å². The minimum atomic E-state index is -0.289. The number of methoxy groups -OCH3 is 1. The van der Waals surface area contributed by atoms with Crippen molar-refractivity contribution in [1.82, 2.24) is 5.32 Å². The van der Waals surface area contributed by atoms with E-state index < -0.39 is 0 Å². The van der Waals surface area contributed by atoms with Crippen molar-refractivity contribution in [3.05, 3.63) is 0 Å². The van der Waals surface area contributed by atoms with Crippen LogP contribution in [0.2, 0.25) is 0 Å². The summed E-state index contributed by atoms with van der Waals surface area (Å²) >= 11 is 1.99. The van der Waals surface area contributed by atoms with Crippen LogP contribution in [-0.2, 0) is 14.3 Å². The van der Waals surface area contributed by atoms with Crippen molar-refractivity contribution in [1.29, 1.82) is 0 Å². The molecule has 2 saturated carbocycles. The number of amides is 1. The van der Waals surface area contributed by atoms with Gasteiger partial charge in [0.05, 0.1) is 7.11 Å².